The van der Waals surface area contributed by atoms with Gasteiger partial charge in [-0.05, 0) is 47.1 Å². The van der Waals surface area contributed by atoms with Gasteiger partial charge in [-0.2, -0.15) is 0 Å². The molecule has 1 aromatic heterocycles. The summed E-state index contributed by atoms with van der Waals surface area (Å²) < 4.78 is 2.73. The maximum Gasteiger partial charge on any atom is 0.272 e. The number of halogens is 1. The van der Waals surface area contributed by atoms with Gasteiger partial charge < -0.3 is 15.2 Å². The van der Waals surface area contributed by atoms with Crippen molar-refractivity contribution in [2.45, 2.75) is 26.8 Å². The molecule has 5 nitrogen and oxygen atoms in total. The Bertz CT molecular complexity index is 694. The van der Waals surface area contributed by atoms with Crippen LogP contribution in [0.4, 0.5) is 11.4 Å². The van der Waals surface area contributed by atoms with Gasteiger partial charge in [0.2, 0.25) is 5.91 Å². The molecule has 0 saturated heterocycles. The van der Waals surface area contributed by atoms with Crippen molar-refractivity contribution in [3.8, 4) is 0 Å². The number of nitrogens with one attached hydrogen (secondary N) is 2. The Morgan fingerprint density at radius 1 is 1.14 bits per heavy atom. The lowest BCUT2D eigenvalue weighted by atomic mass is 10.2. The number of benzene rings is 1. The van der Waals surface area contributed by atoms with E-state index >= 15 is 0 Å². The number of aryl methyl sites for hydroxylation is 1. The van der Waals surface area contributed by atoms with Crippen LogP contribution in [0.1, 0.15) is 30.8 Å². The summed E-state index contributed by atoms with van der Waals surface area (Å²) in [6.45, 7) is 4.47. The highest BCUT2D eigenvalue weighted by molar-refractivity contribution is 9.10. The molecule has 116 valence electrons. The van der Waals surface area contributed by atoms with E-state index in [4.69, 9.17) is 0 Å². The Morgan fingerprint density at radius 2 is 1.82 bits per heavy atom. The maximum absolute atomic E-state index is 12.4. The van der Waals surface area contributed by atoms with Crippen LogP contribution in [0.3, 0.4) is 0 Å². The largest absolute Gasteiger partial charge is 0.343 e. The third kappa shape index (κ3) is 3.98. The van der Waals surface area contributed by atoms with Gasteiger partial charge >= 0.3 is 0 Å². The monoisotopic (exact) mass is 363 g/mol. The fourth-order valence-corrected chi connectivity index (χ4v) is 2.51. The fourth-order valence-electron chi connectivity index (χ4n) is 2.05. The van der Waals surface area contributed by atoms with Crippen molar-refractivity contribution in [1.29, 1.82) is 0 Å². The van der Waals surface area contributed by atoms with E-state index in [0.717, 1.165) is 4.47 Å². The molecule has 2 amide bonds. The topological polar surface area (TPSA) is 63.1 Å². The number of amides is 2. The van der Waals surface area contributed by atoms with Crippen LogP contribution in [0, 0.1) is 0 Å². The van der Waals surface area contributed by atoms with Crippen molar-refractivity contribution in [3.05, 3.63) is 46.7 Å². The Labute approximate surface area is 137 Å². The SMILES string of the molecule is CCC(=O)Nc1cccc(NC(=O)c2cc(Br)cn2CC)c1. The van der Waals surface area contributed by atoms with E-state index in [2.05, 4.69) is 26.6 Å². The average Bonchev–Trinajstić information content (AvgIpc) is 2.88. The minimum Gasteiger partial charge on any atom is -0.343 e. The average molecular weight is 364 g/mol. The number of carbonyl (C=O) groups excluding carboxylic acids is 2. The number of carbonyl (C=O) groups is 2. The van der Waals surface area contributed by atoms with Gasteiger partial charge in [-0.1, -0.05) is 13.0 Å². The van der Waals surface area contributed by atoms with Crippen LogP contribution >= 0.6 is 15.9 Å². The zero-order valence-corrected chi connectivity index (χ0v) is 14.1. The molecule has 0 aliphatic carbocycles. The molecule has 2 N–H and O–H groups in total. The van der Waals surface area contributed by atoms with Crippen LogP contribution in [-0.2, 0) is 11.3 Å². The molecule has 2 aromatic rings. The van der Waals surface area contributed by atoms with Crippen LogP contribution in [-0.4, -0.2) is 16.4 Å². The molecule has 0 fully saturated rings. The maximum atomic E-state index is 12.4. The molecule has 0 saturated carbocycles. The summed E-state index contributed by atoms with van der Waals surface area (Å²) in [5, 5.41) is 5.61. The number of rotatable bonds is 5. The van der Waals surface area contributed by atoms with Crippen LogP contribution in [0.2, 0.25) is 0 Å². The van der Waals surface area contributed by atoms with Crippen molar-refractivity contribution in [1.82, 2.24) is 4.57 Å². The first-order chi connectivity index (χ1) is 10.5. The van der Waals surface area contributed by atoms with E-state index in [9.17, 15) is 9.59 Å². The third-order valence-electron chi connectivity index (χ3n) is 3.16. The van der Waals surface area contributed by atoms with Gasteiger partial charge in [-0.3, -0.25) is 9.59 Å². The summed E-state index contributed by atoms with van der Waals surface area (Å²) in [5.41, 5.74) is 1.88. The zero-order valence-electron chi connectivity index (χ0n) is 12.5. The number of aromatic nitrogens is 1. The van der Waals surface area contributed by atoms with E-state index in [0.29, 0.717) is 30.0 Å². The summed E-state index contributed by atoms with van der Waals surface area (Å²) in [6.07, 6.45) is 2.28. The zero-order chi connectivity index (χ0) is 16.1. The molecular formula is C16H18BrN3O2. The van der Waals surface area contributed by atoms with Gasteiger partial charge in [0.1, 0.15) is 5.69 Å². The predicted octanol–water partition coefficient (Wildman–Crippen LogP) is 3.87. The van der Waals surface area contributed by atoms with Gasteiger partial charge in [0, 0.05) is 35.0 Å². The lowest BCUT2D eigenvalue weighted by Crippen LogP contribution is -2.16. The molecule has 22 heavy (non-hydrogen) atoms. The predicted molar refractivity (Wildman–Crippen MR) is 91.1 cm³/mol. The third-order valence-corrected chi connectivity index (χ3v) is 3.60. The molecule has 0 atom stereocenters. The van der Waals surface area contributed by atoms with Crippen molar-refractivity contribution in [2.24, 2.45) is 0 Å². The lowest BCUT2D eigenvalue weighted by Gasteiger charge is -2.09. The Morgan fingerprint density at radius 3 is 2.45 bits per heavy atom. The molecule has 1 aromatic carbocycles. The first kappa shape index (κ1) is 16.3. The van der Waals surface area contributed by atoms with Crippen molar-refractivity contribution in [3.63, 3.8) is 0 Å². The van der Waals surface area contributed by atoms with E-state index in [1.165, 1.54) is 0 Å². The van der Waals surface area contributed by atoms with Gasteiger partial charge in [0.15, 0.2) is 0 Å². The van der Waals surface area contributed by atoms with Gasteiger partial charge in [-0.15, -0.1) is 0 Å². The smallest absolute Gasteiger partial charge is 0.272 e. The Kier molecular flexibility index (Phi) is 5.38. The van der Waals surface area contributed by atoms with Gasteiger partial charge in [0.05, 0.1) is 0 Å². The second-order valence-corrected chi connectivity index (χ2v) is 5.68. The lowest BCUT2D eigenvalue weighted by molar-refractivity contribution is -0.115. The van der Waals surface area contributed by atoms with Crippen LogP contribution in [0.25, 0.3) is 0 Å². The van der Waals surface area contributed by atoms with Gasteiger partial charge in [-0.25, -0.2) is 0 Å². The minimum absolute atomic E-state index is 0.0627. The van der Waals surface area contributed by atoms with Crippen LogP contribution < -0.4 is 10.6 Å². The number of anilines is 2. The normalized spacial score (nSPS) is 10.3. The minimum atomic E-state index is -0.188. The number of hydrogen-bond donors (Lipinski definition) is 2. The quantitative estimate of drug-likeness (QED) is 0.846. The van der Waals surface area contributed by atoms with Crippen molar-refractivity contribution in [2.75, 3.05) is 10.6 Å². The first-order valence-electron chi connectivity index (χ1n) is 7.10. The summed E-state index contributed by atoms with van der Waals surface area (Å²) in [4.78, 5) is 23.8. The Balaban J connectivity index is 2.14. The number of nitrogens with zero attached hydrogens (tertiary/aromatic N) is 1. The highest BCUT2D eigenvalue weighted by Gasteiger charge is 2.12. The Hall–Kier alpha value is -2.08. The fraction of sp³-hybridized carbons (Fsp3) is 0.250. The molecule has 0 bridgehead atoms. The molecule has 6 heteroatoms. The van der Waals surface area contributed by atoms with Gasteiger partial charge in [0.25, 0.3) is 5.91 Å². The molecule has 1 heterocycles. The standard InChI is InChI=1S/C16H18BrN3O2/c1-3-15(21)18-12-6-5-7-13(9-12)19-16(22)14-8-11(17)10-20(14)4-2/h5-10H,3-4H2,1-2H3,(H,18,21)(H,19,22). The molecule has 0 spiro atoms. The van der Waals surface area contributed by atoms with E-state index in [-0.39, 0.29) is 11.8 Å². The molecule has 0 radical (unpaired) electrons. The molecule has 0 aliphatic rings. The van der Waals surface area contributed by atoms with Crippen molar-refractivity contribution < 1.29 is 9.59 Å². The summed E-state index contributed by atoms with van der Waals surface area (Å²) >= 11 is 3.38. The first-order valence-corrected chi connectivity index (χ1v) is 7.89. The van der Waals surface area contributed by atoms with Crippen LogP contribution in [0.5, 0.6) is 0 Å². The summed E-state index contributed by atoms with van der Waals surface area (Å²) in [6, 6.07) is 8.87. The summed E-state index contributed by atoms with van der Waals surface area (Å²) in [5.74, 6) is -0.251. The highest BCUT2D eigenvalue weighted by Crippen LogP contribution is 2.19. The molecule has 2 rings (SSSR count). The number of hydrogen-bond acceptors (Lipinski definition) is 2. The summed E-state index contributed by atoms with van der Waals surface area (Å²) in [7, 11) is 0. The molecule has 0 unspecified atom stereocenters. The van der Waals surface area contributed by atoms with E-state index in [1.807, 2.05) is 17.7 Å². The van der Waals surface area contributed by atoms with Crippen molar-refractivity contribution >= 4 is 39.1 Å². The highest BCUT2D eigenvalue weighted by atomic mass is 79.9. The van der Waals surface area contributed by atoms with E-state index < -0.39 is 0 Å². The molecular weight excluding hydrogens is 346 g/mol. The van der Waals surface area contributed by atoms with Crippen LogP contribution in [0.15, 0.2) is 41.0 Å². The second kappa shape index (κ2) is 7.26. The second-order valence-electron chi connectivity index (χ2n) is 4.77. The molecule has 0 aliphatic heterocycles. The van der Waals surface area contributed by atoms with E-state index in [1.54, 1.807) is 37.3 Å².